The van der Waals surface area contributed by atoms with Crippen molar-refractivity contribution in [2.24, 2.45) is 0 Å². The molecule has 1 N–H and O–H groups in total. The zero-order valence-corrected chi connectivity index (χ0v) is 24.0. The molecule has 1 atom stereocenters. The van der Waals surface area contributed by atoms with E-state index >= 15 is 0 Å². The average molecular weight is 618 g/mol. The van der Waals surface area contributed by atoms with E-state index in [2.05, 4.69) is 15.4 Å². The average Bonchev–Trinajstić information content (AvgIpc) is 3.40. The summed E-state index contributed by atoms with van der Waals surface area (Å²) in [6.45, 7) is -0.469. The summed E-state index contributed by atoms with van der Waals surface area (Å²) in [6.07, 6.45) is -1.26. The van der Waals surface area contributed by atoms with Crippen LogP contribution in [0.5, 0.6) is 0 Å². The fraction of sp³-hybridized carbons (Fsp3) is 0.235. The van der Waals surface area contributed by atoms with Gasteiger partial charge in [-0.3, -0.25) is 9.48 Å². The van der Waals surface area contributed by atoms with Gasteiger partial charge in [0.25, 0.3) is 0 Å². The molecular weight excluding hydrogens is 589 g/mol. The van der Waals surface area contributed by atoms with Gasteiger partial charge in [0.2, 0.25) is 5.91 Å². The second kappa shape index (κ2) is 12.6. The highest BCUT2D eigenvalue weighted by molar-refractivity contribution is 5.81. The maximum absolute atomic E-state index is 14.1. The molecule has 1 aliphatic rings. The lowest BCUT2D eigenvalue weighted by Gasteiger charge is -2.20. The number of nitrogens with one attached hydrogen (secondary N) is 1. The summed E-state index contributed by atoms with van der Waals surface area (Å²) in [6, 6.07) is 21.2. The fourth-order valence-corrected chi connectivity index (χ4v) is 5.84. The van der Waals surface area contributed by atoms with E-state index < -0.39 is 42.0 Å². The minimum absolute atomic E-state index is 0.0742. The molecule has 6 nitrogen and oxygen atoms in total. The summed E-state index contributed by atoms with van der Waals surface area (Å²) in [5.41, 5.74) is 3.03. The molecule has 0 bridgehead atoms. The molecule has 0 radical (unpaired) electrons. The predicted molar refractivity (Wildman–Crippen MR) is 158 cm³/mol. The van der Waals surface area contributed by atoms with Crippen molar-refractivity contribution in [3.05, 3.63) is 125 Å². The third kappa shape index (κ3) is 6.77. The summed E-state index contributed by atoms with van der Waals surface area (Å²) in [4.78, 5) is 22.5. The van der Waals surface area contributed by atoms with E-state index in [0.717, 1.165) is 39.6 Å². The maximum atomic E-state index is 14.1. The van der Waals surface area contributed by atoms with Crippen LogP contribution in [0.25, 0.3) is 22.4 Å². The van der Waals surface area contributed by atoms with Gasteiger partial charge in [0.1, 0.15) is 18.2 Å². The highest BCUT2D eigenvalue weighted by Crippen LogP contribution is 2.36. The van der Waals surface area contributed by atoms with Crippen LogP contribution in [0, 0.1) is 11.6 Å². The van der Waals surface area contributed by atoms with Gasteiger partial charge in [0.15, 0.2) is 11.5 Å². The van der Waals surface area contributed by atoms with Crippen LogP contribution < -0.4 is 5.32 Å². The summed E-state index contributed by atoms with van der Waals surface area (Å²) >= 11 is 0. The number of amides is 1. The monoisotopic (exact) mass is 617 g/mol. The molecule has 2 heterocycles. The summed E-state index contributed by atoms with van der Waals surface area (Å²) in [5.74, 6) is -2.04. The predicted octanol–water partition coefficient (Wildman–Crippen LogP) is 7.28. The number of rotatable bonds is 8. The highest BCUT2D eigenvalue weighted by Gasteiger charge is 2.39. The van der Waals surface area contributed by atoms with E-state index in [9.17, 15) is 26.7 Å². The Morgan fingerprint density at radius 2 is 1.58 bits per heavy atom. The number of fused-ring (bicyclic) bond motifs is 1. The Bertz CT molecular complexity index is 1820. The van der Waals surface area contributed by atoms with Crippen LogP contribution in [-0.4, -0.2) is 25.7 Å². The maximum Gasteiger partial charge on any atom is 0.435 e. The number of aromatic nitrogens is 4. The number of hydrogen-bond donors (Lipinski definition) is 1. The molecule has 6 rings (SSSR count). The minimum atomic E-state index is -4.64. The first-order chi connectivity index (χ1) is 21.7. The number of carbonyl (C=O) groups is 1. The first-order valence-corrected chi connectivity index (χ1v) is 14.5. The van der Waals surface area contributed by atoms with E-state index in [1.165, 1.54) is 6.20 Å². The van der Waals surface area contributed by atoms with Crippen LogP contribution >= 0.6 is 0 Å². The first-order valence-electron chi connectivity index (χ1n) is 14.5. The third-order valence-electron chi connectivity index (χ3n) is 7.79. The summed E-state index contributed by atoms with van der Waals surface area (Å²) in [7, 11) is 0. The number of benzene rings is 3. The van der Waals surface area contributed by atoms with Crippen LogP contribution in [0.4, 0.5) is 22.0 Å². The van der Waals surface area contributed by atoms with Crippen LogP contribution in [-0.2, 0) is 36.8 Å². The van der Waals surface area contributed by atoms with E-state index in [1.54, 1.807) is 6.07 Å². The standard InChI is InChI=1S/C34H28F5N5O/c35-23-16-21(17-24(36)19-23)18-29(41-31(45)20-44-30-13-7-6-12-27(30)32(43-44)34(37,38)39)33-40-15-14-28(42-33)26-11-5-4-10-25(26)22-8-2-1-3-9-22/h1-5,8-11,14-17,19,29H,6-7,12-13,18,20H2,(H,41,45). The van der Waals surface area contributed by atoms with Crippen molar-refractivity contribution in [3.63, 3.8) is 0 Å². The van der Waals surface area contributed by atoms with Crippen LogP contribution in [0.1, 0.15) is 47.2 Å². The van der Waals surface area contributed by atoms with Crippen LogP contribution in [0.3, 0.4) is 0 Å². The Labute approximate surface area is 256 Å². The van der Waals surface area contributed by atoms with Gasteiger partial charge in [-0.25, -0.2) is 18.7 Å². The van der Waals surface area contributed by atoms with Crippen LogP contribution in [0.2, 0.25) is 0 Å². The van der Waals surface area contributed by atoms with Crippen molar-refractivity contribution in [2.45, 2.75) is 50.9 Å². The number of halogens is 5. The molecular formula is C34H28F5N5O. The van der Waals surface area contributed by atoms with Crippen molar-refractivity contribution < 1.29 is 26.7 Å². The Morgan fingerprint density at radius 1 is 0.889 bits per heavy atom. The molecule has 0 fully saturated rings. The quantitative estimate of drug-likeness (QED) is 0.186. The van der Waals surface area contributed by atoms with Gasteiger partial charge >= 0.3 is 6.18 Å². The smallest absolute Gasteiger partial charge is 0.344 e. The number of nitrogens with zero attached hydrogens (tertiary/aromatic N) is 4. The second-order valence-electron chi connectivity index (χ2n) is 10.9. The number of alkyl halides is 3. The Balaban J connectivity index is 1.34. The fourth-order valence-electron chi connectivity index (χ4n) is 5.84. The summed E-state index contributed by atoms with van der Waals surface area (Å²) < 4.78 is 70.5. The topological polar surface area (TPSA) is 72.7 Å². The molecule has 1 aliphatic carbocycles. The van der Waals surface area contributed by atoms with Gasteiger partial charge in [0, 0.05) is 35.5 Å². The largest absolute Gasteiger partial charge is 0.435 e. The lowest BCUT2D eigenvalue weighted by atomic mass is 9.95. The second-order valence-corrected chi connectivity index (χ2v) is 10.9. The third-order valence-corrected chi connectivity index (χ3v) is 7.79. The molecule has 11 heteroatoms. The van der Waals surface area contributed by atoms with Crippen molar-refractivity contribution in [1.82, 2.24) is 25.1 Å². The Hall–Kier alpha value is -4.93. The van der Waals surface area contributed by atoms with Crippen molar-refractivity contribution >= 4 is 5.91 Å². The molecule has 3 aromatic carbocycles. The molecule has 1 amide bonds. The Kier molecular flexibility index (Phi) is 8.42. The molecule has 45 heavy (non-hydrogen) atoms. The zero-order valence-electron chi connectivity index (χ0n) is 24.0. The molecule has 0 spiro atoms. The molecule has 5 aromatic rings. The van der Waals surface area contributed by atoms with E-state index in [-0.39, 0.29) is 29.8 Å². The highest BCUT2D eigenvalue weighted by atomic mass is 19.4. The zero-order chi connectivity index (χ0) is 31.6. The molecule has 1 unspecified atom stereocenters. The molecule has 0 saturated heterocycles. The Morgan fingerprint density at radius 3 is 2.31 bits per heavy atom. The van der Waals surface area contributed by atoms with E-state index in [4.69, 9.17) is 4.98 Å². The minimum Gasteiger partial charge on any atom is -0.344 e. The normalized spacial score (nSPS) is 13.7. The van der Waals surface area contributed by atoms with Gasteiger partial charge in [-0.05, 0) is 60.6 Å². The summed E-state index contributed by atoms with van der Waals surface area (Å²) in [5, 5.41) is 6.58. The molecule has 2 aromatic heterocycles. The van der Waals surface area contributed by atoms with Gasteiger partial charge in [-0.2, -0.15) is 18.3 Å². The molecule has 0 saturated carbocycles. The molecule has 230 valence electrons. The van der Waals surface area contributed by atoms with Gasteiger partial charge in [-0.1, -0.05) is 54.6 Å². The number of hydrogen-bond acceptors (Lipinski definition) is 4. The lowest BCUT2D eigenvalue weighted by molar-refractivity contribution is -0.142. The van der Waals surface area contributed by atoms with E-state index in [1.807, 2.05) is 54.6 Å². The van der Waals surface area contributed by atoms with Gasteiger partial charge < -0.3 is 5.32 Å². The van der Waals surface area contributed by atoms with Gasteiger partial charge in [0.05, 0.1) is 11.7 Å². The SMILES string of the molecule is O=C(Cn1nc(C(F)(F)F)c2c1CCCC2)NC(Cc1cc(F)cc(F)c1)c1nccc(-c2ccccc2-c2ccccc2)n1. The van der Waals surface area contributed by atoms with Crippen LogP contribution in [0.15, 0.2) is 85.1 Å². The van der Waals surface area contributed by atoms with Crippen molar-refractivity contribution in [3.8, 4) is 22.4 Å². The lowest BCUT2D eigenvalue weighted by Crippen LogP contribution is -2.34. The first kappa shape index (κ1) is 30.1. The van der Waals surface area contributed by atoms with Gasteiger partial charge in [-0.15, -0.1) is 0 Å². The number of carbonyl (C=O) groups excluding carboxylic acids is 1. The molecule has 0 aliphatic heterocycles. The van der Waals surface area contributed by atoms with E-state index in [0.29, 0.717) is 30.7 Å². The van der Waals surface area contributed by atoms with Crippen molar-refractivity contribution in [1.29, 1.82) is 0 Å². The van der Waals surface area contributed by atoms with Crippen molar-refractivity contribution in [2.75, 3.05) is 0 Å².